The Morgan fingerprint density at radius 1 is 1.35 bits per heavy atom. The summed E-state index contributed by atoms with van der Waals surface area (Å²) < 4.78 is 0. The number of nitrogens with one attached hydrogen (secondary N) is 2. The molecule has 7 heteroatoms. The molecule has 2 atom stereocenters. The first-order chi connectivity index (χ1) is 12.2. The van der Waals surface area contributed by atoms with Crippen LogP contribution in [0.4, 0.5) is 0 Å². The lowest BCUT2D eigenvalue weighted by Gasteiger charge is -2.14. The Balaban J connectivity index is 2.11. The highest BCUT2D eigenvalue weighted by Crippen LogP contribution is 2.18. The van der Waals surface area contributed by atoms with Crippen molar-refractivity contribution in [1.29, 1.82) is 0 Å². The smallest absolute Gasteiger partial charge is 0.330 e. The number of hydrogen-bond acceptors (Lipinski definition) is 4. The van der Waals surface area contributed by atoms with Gasteiger partial charge in [-0.25, -0.2) is 4.79 Å². The van der Waals surface area contributed by atoms with Gasteiger partial charge in [0.25, 0.3) is 5.91 Å². The summed E-state index contributed by atoms with van der Waals surface area (Å²) in [6.45, 7) is 5.83. The Bertz CT molecular complexity index is 791. The summed E-state index contributed by atoms with van der Waals surface area (Å²) in [5.74, 6) is -1.65. The monoisotopic (exact) mass is 356 g/mol. The summed E-state index contributed by atoms with van der Waals surface area (Å²) in [5, 5.41) is 11.8. The van der Waals surface area contributed by atoms with Gasteiger partial charge in [0.1, 0.15) is 11.7 Å². The van der Waals surface area contributed by atoms with E-state index in [1.54, 1.807) is 36.7 Å². The van der Waals surface area contributed by atoms with Crippen molar-refractivity contribution in [3.63, 3.8) is 0 Å². The molecule has 0 saturated carbocycles. The topological polar surface area (TPSA) is 121 Å². The summed E-state index contributed by atoms with van der Waals surface area (Å²) in [5.41, 5.74) is 7.57. The standard InChI is InChI=1S/C19H24N4O3/c1-19(2,3)8-7-14(18(25)26)23-17(24)15-10-12(11-22-15)16(20)13-6-4-5-9-21-13/h4-11,14,16,22H,20H2,1-3H3,(H,23,24)(H,25,26)/b8-7+. The first-order valence-corrected chi connectivity index (χ1v) is 8.25. The van der Waals surface area contributed by atoms with Gasteiger partial charge in [-0.15, -0.1) is 0 Å². The van der Waals surface area contributed by atoms with E-state index in [1.165, 1.54) is 6.08 Å². The first-order valence-electron chi connectivity index (χ1n) is 8.25. The van der Waals surface area contributed by atoms with Crippen LogP contribution in [0.15, 0.2) is 48.8 Å². The second-order valence-electron chi connectivity index (χ2n) is 7.09. The van der Waals surface area contributed by atoms with Crippen molar-refractivity contribution >= 4 is 11.9 Å². The minimum atomic E-state index is -1.13. The highest BCUT2D eigenvalue weighted by Gasteiger charge is 2.21. The van der Waals surface area contributed by atoms with Crippen LogP contribution in [0.3, 0.4) is 0 Å². The molecule has 0 spiro atoms. The van der Waals surface area contributed by atoms with Crippen LogP contribution in [0.2, 0.25) is 0 Å². The van der Waals surface area contributed by atoms with E-state index in [4.69, 9.17) is 5.73 Å². The number of carboxylic acids is 1. The molecule has 0 radical (unpaired) electrons. The number of amides is 1. The zero-order valence-corrected chi connectivity index (χ0v) is 15.1. The highest BCUT2D eigenvalue weighted by molar-refractivity contribution is 5.95. The minimum absolute atomic E-state index is 0.187. The molecular weight excluding hydrogens is 332 g/mol. The van der Waals surface area contributed by atoms with Gasteiger partial charge in [-0.05, 0) is 29.2 Å². The van der Waals surface area contributed by atoms with Gasteiger partial charge in [0.05, 0.1) is 11.7 Å². The van der Waals surface area contributed by atoms with E-state index in [9.17, 15) is 14.7 Å². The van der Waals surface area contributed by atoms with Gasteiger partial charge in [0.2, 0.25) is 0 Å². The van der Waals surface area contributed by atoms with Crippen molar-refractivity contribution in [3.05, 3.63) is 65.8 Å². The van der Waals surface area contributed by atoms with E-state index in [0.29, 0.717) is 11.3 Å². The number of H-pyrrole nitrogens is 1. The van der Waals surface area contributed by atoms with Crippen LogP contribution in [0.1, 0.15) is 48.6 Å². The number of carbonyl (C=O) groups is 2. The number of nitrogens with two attached hydrogens (primary N) is 1. The molecule has 0 aliphatic carbocycles. The van der Waals surface area contributed by atoms with E-state index in [0.717, 1.165) is 0 Å². The van der Waals surface area contributed by atoms with Gasteiger partial charge in [-0.3, -0.25) is 9.78 Å². The summed E-state index contributed by atoms with van der Waals surface area (Å²) in [4.78, 5) is 30.8. The number of nitrogens with zero attached hydrogens (tertiary/aromatic N) is 1. The van der Waals surface area contributed by atoms with Crippen molar-refractivity contribution < 1.29 is 14.7 Å². The summed E-state index contributed by atoms with van der Waals surface area (Å²) in [7, 11) is 0. The number of carboxylic acid groups (broad SMARTS) is 1. The van der Waals surface area contributed by atoms with Crippen molar-refractivity contribution in [2.24, 2.45) is 11.1 Å². The number of aromatic nitrogens is 2. The zero-order valence-electron chi connectivity index (χ0n) is 15.1. The third kappa shape index (κ3) is 5.29. The van der Waals surface area contributed by atoms with Gasteiger partial charge in [-0.2, -0.15) is 0 Å². The number of allylic oxidation sites excluding steroid dienone is 1. The molecule has 0 aliphatic heterocycles. The van der Waals surface area contributed by atoms with Crippen molar-refractivity contribution in [2.45, 2.75) is 32.9 Å². The average molecular weight is 356 g/mol. The minimum Gasteiger partial charge on any atom is -0.479 e. The average Bonchev–Trinajstić information content (AvgIpc) is 3.07. The molecular formula is C19H24N4O3. The Morgan fingerprint density at radius 2 is 2.08 bits per heavy atom. The number of carbonyl (C=O) groups excluding carboxylic acids is 1. The maximum Gasteiger partial charge on any atom is 0.330 e. The number of aromatic amines is 1. The summed E-state index contributed by atoms with van der Waals surface area (Å²) in [6, 6.07) is 5.43. The lowest BCUT2D eigenvalue weighted by molar-refractivity contribution is -0.137. The molecule has 1 amide bonds. The maximum absolute atomic E-state index is 12.4. The van der Waals surface area contributed by atoms with Crippen LogP contribution < -0.4 is 11.1 Å². The molecule has 5 N–H and O–H groups in total. The van der Waals surface area contributed by atoms with Gasteiger partial charge < -0.3 is 21.1 Å². The van der Waals surface area contributed by atoms with Crippen LogP contribution >= 0.6 is 0 Å². The van der Waals surface area contributed by atoms with Gasteiger partial charge in [0, 0.05) is 12.4 Å². The lowest BCUT2D eigenvalue weighted by Crippen LogP contribution is -2.39. The fourth-order valence-electron chi connectivity index (χ4n) is 2.25. The van der Waals surface area contributed by atoms with E-state index in [-0.39, 0.29) is 11.1 Å². The van der Waals surface area contributed by atoms with Crippen LogP contribution in [0.25, 0.3) is 0 Å². The molecule has 2 aromatic heterocycles. The third-order valence-electron chi connectivity index (χ3n) is 3.66. The molecule has 0 saturated heterocycles. The first kappa shape index (κ1) is 19.4. The molecule has 2 unspecified atom stereocenters. The second-order valence-corrected chi connectivity index (χ2v) is 7.09. The van der Waals surface area contributed by atoms with Crippen LogP contribution in [-0.4, -0.2) is 33.0 Å². The number of aliphatic carboxylic acids is 1. The fourth-order valence-corrected chi connectivity index (χ4v) is 2.25. The number of pyridine rings is 1. The second kappa shape index (κ2) is 7.97. The molecule has 2 rings (SSSR count). The summed E-state index contributed by atoms with van der Waals surface area (Å²) >= 11 is 0. The molecule has 0 bridgehead atoms. The molecule has 138 valence electrons. The predicted molar refractivity (Wildman–Crippen MR) is 98.5 cm³/mol. The molecule has 2 heterocycles. The van der Waals surface area contributed by atoms with Crippen LogP contribution in [0.5, 0.6) is 0 Å². The van der Waals surface area contributed by atoms with E-state index in [2.05, 4.69) is 15.3 Å². The number of rotatable bonds is 6. The van der Waals surface area contributed by atoms with Crippen molar-refractivity contribution in [3.8, 4) is 0 Å². The van der Waals surface area contributed by atoms with Crippen LogP contribution in [0, 0.1) is 5.41 Å². The van der Waals surface area contributed by atoms with Crippen LogP contribution in [-0.2, 0) is 4.79 Å². The van der Waals surface area contributed by atoms with E-state index < -0.39 is 24.0 Å². The normalized spacial score (nSPS) is 14.2. The summed E-state index contributed by atoms with van der Waals surface area (Å²) in [6.07, 6.45) is 6.50. The molecule has 26 heavy (non-hydrogen) atoms. The molecule has 7 nitrogen and oxygen atoms in total. The lowest BCUT2D eigenvalue weighted by atomic mass is 9.95. The Morgan fingerprint density at radius 3 is 2.65 bits per heavy atom. The van der Waals surface area contributed by atoms with E-state index >= 15 is 0 Å². The van der Waals surface area contributed by atoms with Crippen molar-refractivity contribution in [1.82, 2.24) is 15.3 Å². The van der Waals surface area contributed by atoms with Gasteiger partial charge in [0.15, 0.2) is 0 Å². The Hall–Kier alpha value is -2.93. The quantitative estimate of drug-likeness (QED) is 0.592. The molecule has 0 aliphatic rings. The van der Waals surface area contributed by atoms with Gasteiger partial charge in [-0.1, -0.05) is 39.0 Å². The van der Waals surface area contributed by atoms with Gasteiger partial charge >= 0.3 is 5.97 Å². The SMILES string of the molecule is CC(C)(C)/C=C/C(NC(=O)c1cc(C(N)c2ccccn2)c[nH]1)C(=O)O. The largest absolute Gasteiger partial charge is 0.479 e. The Kier molecular flexibility index (Phi) is 5.94. The maximum atomic E-state index is 12.4. The van der Waals surface area contributed by atoms with E-state index in [1.807, 2.05) is 26.8 Å². The predicted octanol–water partition coefficient (Wildman–Crippen LogP) is 2.24. The molecule has 0 aromatic carbocycles. The molecule has 2 aromatic rings. The van der Waals surface area contributed by atoms with Crippen molar-refractivity contribution in [2.75, 3.05) is 0 Å². The fraction of sp³-hybridized carbons (Fsp3) is 0.316. The Labute approximate surface area is 152 Å². The molecule has 0 fully saturated rings. The number of hydrogen-bond donors (Lipinski definition) is 4. The third-order valence-corrected chi connectivity index (χ3v) is 3.66. The zero-order chi connectivity index (χ0) is 19.3. The highest BCUT2D eigenvalue weighted by atomic mass is 16.4.